The van der Waals surface area contributed by atoms with E-state index in [1.165, 1.54) is 25.7 Å². The second kappa shape index (κ2) is 3.93. The van der Waals surface area contributed by atoms with E-state index in [1.54, 1.807) is 0 Å². The SMILES string of the molecule is CNC(C)(C)c1n[nH]c(C2CCCC2)n1. The molecule has 84 valence electrons. The fraction of sp³-hybridized carbons (Fsp3) is 0.818. The Balaban J connectivity index is 2.16. The van der Waals surface area contributed by atoms with Crippen LogP contribution >= 0.6 is 0 Å². The van der Waals surface area contributed by atoms with Crippen molar-refractivity contribution in [3.8, 4) is 0 Å². The lowest BCUT2D eigenvalue weighted by Gasteiger charge is -2.19. The minimum Gasteiger partial charge on any atom is -0.308 e. The summed E-state index contributed by atoms with van der Waals surface area (Å²) in [7, 11) is 1.94. The molecular formula is C11H20N4. The summed E-state index contributed by atoms with van der Waals surface area (Å²) in [5.41, 5.74) is -0.145. The van der Waals surface area contributed by atoms with Crippen LogP contribution in [0.4, 0.5) is 0 Å². The average Bonchev–Trinajstić information content (AvgIpc) is 2.88. The third kappa shape index (κ3) is 2.04. The van der Waals surface area contributed by atoms with Crippen LogP contribution in [0.3, 0.4) is 0 Å². The number of hydrogen-bond donors (Lipinski definition) is 2. The van der Waals surface area contributed by atoms with Crippen LogP contribution < -0.4 is 5.32 Å². The molecule has 15 heavy (non-hydrogen) atoms. The first-order valence-corrected chi connectivity index (χ1v) is 5.75. The molecule has 4 nitrogen and oxygen atoms in total. The maximum atomic E-state index is 4.61. The van der Waals surface area contributed by atoms with Gasteiger partial charge in [0, 0.05) is 5.92 Å². The van der Waals surface area contributed by atoms with Crippen molar-refractivity contribution in [2.45, 2.75) is 51.0 Å². The van der Waals surface area contributed by atoms with Crippen LogP contribution in [-0.2, 0) is 5.54 Å². The predicted octanol–water partition coefficient (Wildman–Crippen LogP) is 1.92. The van der Waals surface area contributed by atoms with E-state index in [0.29, 0.717) is 5.92 Å². The Labute approximate surface area is 90.9 Å². The van der Waals surface area contributed by atoms with Crippen LogP contribution in [0.5, 0.6) is 0 Å². The predicted molar refractivity (Wildman–Crippen MR) is 59.7 cm³/mol. The summed E-state index contributed by atoms with van der Waals surface area (Å²) in [5.74, 6) is 2.55. The van der Waals surface area contributed by atoms with E-state index >= 15 is 0 Å². The molecular weight excluding hydrogens is 188 g/mol. The molecule has 2 N–H and O–H groups in total. The van der Waals surface area contributed by atoms with Gasteiger partial charge in [0.15, 0.2) is 5.82 Å². The number of rotatable bonds is 3. The number of nitrogens with zero attached hydrogens (tertiary/aromatic N) is 2. The lowest BCUT2D eigenvalue weighted by atomic mass is 10.1. The van der Waals surface area contributed by atoms with Gasteiger partial charge in [-0.2, -0.15) is 5.10 Å². The van der Waals surface area contributed by atoms with Crippen molar-refractivity contribution >= 4 is 0 Å². The summed E-state index contributed by atoms with van der Waals surface area (Å²) >= 11 is 0. The van der Waals surface area contributed by atoms with Crippen molar-refractivity contribution in [1.29, 1.82) is 0 Å². The monoisotopic (exact) mass is 208 g/mol. The van der Waals surface area contributed by atoms with Gasteiger partial charge in [0.1, 0.15) is 5.82 Å². The zero-order chi connectivity index (χ0) is 10.9. The Morgan fingerprint density at radius 2 is 2.00 bits per heavy atom. The molecule has 0 atom stereocenters. The Kier molecular flexibility index (Phi) is 2.78. The minimum atomic E-state index is -0.145. The highest BCUT2D eigenvalue weighted by Crippen LogP contribution is 2.32. The van der Waals surface area contributed by atoms with E-state index in [1.807, 2.05) is 7.05 Å². The molecule has 0 saturated heterocycles. The normalized spacial score (nSPS) is 18.6. The summed E-state index contributed by atoms with van der Waals surface area (Å²) in [6.45, 7) is 4.18. The summed E-state index contributed by atoms with van der Waals surface area (Å²) < 4.78 is 0. The van der Waals surface area contributed by atoms with Crippen molar-refractivity contribution in [2.75, 3.05) is 7.05 Å². The molecule has 2 rings (SSSR count). The first kappa shape index (κ1) is 10.6. The maximum absolute atomic E-state index is 4.61. The molecule has 1 saturated carbocycles. The molecule has 0 aromatic carbocycles. The first-order valence-electron chi connectivity index (χ1n) is 5.75. The second-order valence-electron chi connectivity index (χ2n) is 4.90. The van der Waals surface area contributed by atoms with Gasteiger partial charge in [-0.15, -0.1) is 0 Å². The third-order valence-electron chi connectivity index (χ3n) is 3.43. The third-order valence-corrected chi connectivity index (χ3v) is 3.43. The van der Waals surface area contributed by atoms with Crippen LogP contribution in [0.2, 0.25) is 0 Å². The van der Waals surface area contributed by atoms with E-state index in [4.69, 9.17) is 0 Å². The number of nitrogens with one attached hydrogen (secondary N) is 2. The van der Waals surface area contributed by atoms with Crippen LogP contribution in [0.1, 0.15) is 57.1 Å². The fourth-order valence-electron chi connectivity index (χ4n) is 2.05. The van der Waals surface area contributed by atoms with E-state index in [2.05, 4.69) is 34.3 Å². The quantitative estimate of drug-likeness (QED) is 0.798. The lowest BCUT2D eigenvalue weighted by molar-refractivity contribution is 0.417. The molecule has 1 aliphatic rings. The number of aromatic nitrogens is 3. The number of hydrogen-bond acceptors (Lipinski definition) is 3. The maximum Gasteiger partial charge on any atom is 0.170 e. The van der Waals surface area contributed by atoms with Crippen LogP contribution in [0.25, 0.3) is 0 Å². The van der Waals surface area contributed by atoms with Crippen molar-refractivity contribution in [3.05, 3.63) is 11.6 Å². The van der Waals surface area contributed by atoms with E-state index in [9.17, 15) is 0 Å². The first-order chi connectivity index (χ1) is 7.13. The van der Waals surface area contributed by atoms with E-state index in [0.717, 1.165) is 11.6 Å². The summed E-state index contributed by atoms with van der Waals surface area (Å²) in [5, 5.41) is 10.6. The Bertz CT molecular complexity index is 323. The van der Waals surface area contributed by atoms with Gasteiger partial charge in [0.05, 0.1) is 5.54 Å². The Hall–Kier alpha value is -0.900. The zero-order valence-electron chi connectivity index (χ0n) is 9.80. The Morgan fingerprint density at radius 1 is 1.33 bits per heavy atom. The summed E-state index contributed by atoms with van der Waals surface area (Å²) in [6.07, 6.45) is 5.18. The van der Waals surface area contributed by atoms with Crippen molar-refractivity contribution in [3.63, 3.8) is 0 Å². The van der Waals surface area contributed by atoms with Crippen molar-refractivity contribution in [1.82, 2.24) is 20.5 Å². The number of aromatic amines is 1. The van der Waals surface area contributed by atoms with Gasteiger partial charge in [0.25, 0.3) is 0 Å². The molecule has 4 heteroatoms. The standard InChI is InChI=1S/C11H20N4/c1-11(2,12-3)10-13-9(14-15-10)8-6-4-5-7-8/h8,12H,4-7H2,1-3H3,(H,13,14,15). The molecule has 0 aliphatic heterocycles. The van der Waals surface area contributed by atoms with Crippen LogP contribution in [-0.4, -0.2) is 22.2 Å². The average molecular weight is 208 g/mol. The van der Waals surface area contributed by atoms with Gasteiger partial charge in [-0.1, -0.05) is 12.8 Å². The smallest absolute Gasteiger partial charge is 0.170 e. The van der Waals surface area contributed by atoms with Crippen molar-refractivity contribution < 1.29 is 0 Å². The molecule has 1 aromatic heterocycles. The second-order valence-corrected chi connectivity index (χ2v) is 4.90. The molecule has 0 spiro atoms. The molecule has 0 amide bonds. The van der Waals surface area contributed by atoms with Gasteiger partial charge < -0.3 is 5.32 Å². The van der Waals surface area contributed by atoms with Crippen molar-refractivity contribution in [2.24, 2.45) is 0 Å². The molecule has 1 aromatic rings. The van der Waals surface area contributed by atoms with Gasteiger partial charge in [-0.3, -0.25) is 5.10 Å². The van der Waals surface area contributed by atoms with E-state index < -0.39 is 0 Å². The van der Waals surface area contributed by atoms with Crippen LogP contribution in [0, 0.1) is 0 Å². The molecule has 1 aliphatic carbocycles. The van der Waals surface area contributed by atoms with Gasteiger partial charge in [-0.25, -0.2) is 4.98 Å². The fourth-order valence-corrected chi connectivity index (χ4v) is 2.05. The van der Waals surface area contributed by atoms with Gasteiger partial charge >= 0.3 is 0 Å². The van der Waals surface area contributed by atoms with E-state index in [-0.39, 0.29) is 5.54 Å². The topological polar surface area (TPSA) is 53.6 Å². The zero-order valence-corrected chi connectivity index (χ0v) is 9.80. The molecule has 0 unspecified atom stereocenters. The molecule has 1 fully saturated rings. The van der Waals surface area contributed by atoms with Gasteiger partial charge in [0.2, 0.25) is 0 Å². The highest BCUT2D eigenvalue weighted by molar-refractivity contribution is 5.06. The summed E-state index contributed by atoms with van der Waals surface area (Å²) in [4.78, 5) is 4.61. The molecule has 1 heterocycles. The van der Waals surface area contributed by atoms with Gasteiger partial charge in [-0.05, 0) is 33.7 Å². The minimum absolute atomic E-state index is 0.145. The highest BCUT2D eigenvalue weighted by atomic mass is 15.2. The van der Waals surface area contributed by atoms with Crippen LogP contribution in [0.15, 0.2) is 0 Å². The number of H-pyrrole nitrogens is 1. The summed E-state index contributed by atoms with van der Waals surface area (Å²) in [6, 6.07) is 0. The largest absolute Gasteiger partial charge is 0.308 e. The molecule has 0 radical (unpaired) electrons. The Morgan fingerprint density at radius 3 is 2.60 bits per heavy atom. The molecule has 0 bridgehead atoms. The lowest BCUT2D eigenvalue weighted by Crippen LogP contribution is -2.34. The highest BCUT2D eigenvalue weighted by Gasteiger charge is 2.26.